The highest BCUT2D eigenvalue weighted by molar-refractivity contribution is 8.18. The molecule has 3 aromatic carbocycles. The lowest BCUT2D eigenvalue weighted by Gasteiger charge is -2.12. The summed E-state index contributed by atoms with van der Waals surface area (Å²) in [5.74, 6) is -0.418. The monoisotopic (exact) mass is 543 g/mol. The van der Waals surface area contributed by atoms with E-state index in [0.29, 0.717) is 44.9 Å². The van der Waals surface area contributed by atoms with Crippen molar-refractivity contribution in [2.75, 3.05) is 25.1 Å². The van der Waals surface area contributed by atoms with Gasteiger partial charge in [0.05, 0.1) is 22.8 Å². The van der Waals surface area contributed by atoms with E-state index in [1.165, 1.54) is 11.8 Å². The number of aliphatic imine (C=N–C) groups is 1. The molecule has 9 heteroatoms. The number of para-hydroxylation sites is 1. The quantitative estimate of drug-likeness (QED) is 0.270. The number of thioether (sulfide) groups is 1. The standard InChI is InChI=1S/C30H29N3O5S/c1-4-33-28(35)26(39-30(33)32-24-11-8-10-22(17-24)29(36)37-5-2)18-21-9-6-7-12-25(21)38-19-27(34)31-23-15-13-20(3)14-16-23/h6-18H,4-5,19H2,1-3H3,(H,31,34). The van der Waals surface area contributed by atoms with Crippen molar-refractivity contribution in [1.82, 2.24) is 4.90 Å². The van der Waals surface area contributed by atoms with Gasteiger partial charge in [0, 0.05) is 17.8 Å². The fourth-order valence-electron chi connectivity index (χ4n) is 3.75. The number of carbonyl (C=O) groups excluding carboxylic acids is 3. The second-order valence-corrected chi connectivity index (χ2v) is 9.58. The Morgan fingerprint density at radius 3 is 2.54 bits per heavy atom. The molecule has 1 aliphatic heterocycles. The lowest BCUT2D eigenvalue weighted by atomic mass is 10.2. The average molecular weight is 544 g/mol. The first-order valence-corrected chi connectivity index (χ1v) is 13.3. The zero-order valence-electron chi connectivity index (χ0n) is 22.0. The largest absolute Gasteiger partial charge is 0.483 e. The minimum atomic E-state index is -0.424. The zero-order valence-corrected chi connectivity index (χ0v) is 22.8. The third kappa shape index (κ3) is 7.14. The molecule has 1 fully saturated rings. The minimum absolute atomic E-state index is 0.181. The predicted molar refractivity (Wildman–Crippen MR) is 154 cm³/mol. The van der Waals surface area contributed by atoms with Crippen LogP contribution in [0.15, 0.2) is 82.7 Å². The van der Waals surface area contributed by atoms with Gasteiger partial charge in [0.15, 0.2) is 11.8 Å². The molecule has 1 heterocycles. The summed E-state index contributed by atoms with van der Waals surface area (Å²) in [6.45, 7) is 6.12. The Morgan fingerprint density at radius 2 is 1.79 bits per heavy atom. The Morgan fingerprint density at radius 1 is 1.03 bits per heavy atom. The van der Waals surface area contributed by atoms with Gasteiger partial charge in [-0.3, -0.25) is 14.5 Å². The van der Waals surface area contributed by atoms with Crippen LogP contribution in [0.1, 0.15) is 35.3 Å². The zero-order chi connectivity index (χ0) is 27.8. The third-order valence-electron chi connectivity index (χ3n) is 5.69. The number of aryl methyl sites for hydroxylation is 1. The molecular formula is C30H29N3O5S. The fourth-order valence-corrected chi connectivity index (χ4v) is 4.80. The molecule has 2 amide bonds. The van der Waals surface area contributed by atoms with Gasteiger partial charge in [0.2, 0.25) is 0 Å². The Labute approximate surface area is 231 Å². The number of carbonyl (C=O) groups is 3. The van der Waals surface area contributed by atoms with E-state index in [9.17, 15) is 14.4 Å². The van der Waals surface area contributed by atoms with Crippen LogP contribution in [0.2, 0.25) is 0 Å². The van der Waals surface area contributed by atoms with Gasteiger partial charge in [-0.05, 0) is 75.0 Å². The second-order valence-electron chi connectivity index (χ2n) is 8.57. The van der Waals surface area contributed by atoms with Crippen LogP contribution in [0.25, 0.3) is 6.08 Å². The van der Waals surface area contributed by atoms with E-state index in [-0.39, 0.29) is 25.0 Å². The van der Waals surface area contributed by atoms with Crippen molar-refractivity contribution in [3.8, 4) is 5.75 Å². The number of esters is 1. The van der Waals surface area contributed by atoms with Gasteiger partial charge >= 0.3 is 5.97 Å². The molecule has 0 bridgehead atoms. The summed E-state index contributed by atoms with van der Waals surface area (Å²) in [7, 11) is 0. The smallest absolute Gasteiger partial charge is 0.338 e. The van der Waals surface area contributed by atoms with Crippen LogP contribution in [0.3, 0.4) is 0 Å². The molecule has 0 spiro atoms. The molecule has 200 valence electrons. The number of likely N-dealkylation sites (N-methyl/N-ethyl adjacent to an activating group) is 1. The summed E-state index contributed by atoms with van der Waals surface area (Å²) in [6.07, 6.45) is 1.74. The fraction of sp³-hybridized carbons (Fsp3) is 0.200. The topological polar surface area (TPSA) is 97.3 Å². The number of rotatable bonds is 9. The second kappa shape index (κ2) is 12.9. The van der Waals surface area contributed by atoms with Crippen LogP contribution < -0.4 is 10.1 Å². The van der Waals surface area contributed by atoms with Gasteiger partial charge in [0.1, 0.15) is 5.75 Å². The molecule has 0 atom stereocenters. The maximum atomic E-state index is 13.2. The summed E-state index contributed by atoms with van der Waals surface area (Å²) >= 11 is 1.24. The van der Waals surface area contributed by atoms with Crippen molar-refractivity contribution in [2.24, 2.45) is 4.99 Å². The highest BCUT2D eigenvalue weighted by atomic mass is 32.2. The summed E-state index contributed by atoms with van der Waals surface area (Å²) in [5.41, 5.74) is 3.39. The van der Waals surface area contributed by atoms with Crippen LogP contribution >= 0.6 is 11.8 Å². The van der Waals surface area contributed by atoms with Crippen LogP contribution in [0.4, 0.5) is 11.4 Å². The number of anilines is 1. The highest BCUT2D eigenvalue weighted by Crippen LogP contribution is 2.35. The molecule has 0 saturated carbocycles. The molecule has 4 rings (SSSR count). The number of amides is 2. The maximum absolute atomic E-state index is 13.2. The minimum Gasteiger partial charge on any atom is -0.483 e. The van der Waals surface area contributed by atoms with Crippen molar-refractivity contribution in [3.63, 3.8) is 0 Å². The summed E-state index contributed by atoms with van der Waals surface area (Å²) in [6, 6.07) is 21.5. The lowest BCUT2D eigenvalue weighted by Crippen LogP contribution is -2.28. The average Bonchev–Trinajstić information content (AvgIpc) is 3.22. The molecule has 8 nitrogen and oxygen atoms in total. The molecular weight excluding hydrogens is 514 g/mol. The third-order valence-corrected chi connectivity index (χ3v) is 6.69. The van der Waals surface area contributed by atoms with Gasteiger partial charge < -0.3 is 14.8 Å². The molecule has 3 aromatic rings. The van der Waals surface area contributed by atoms with E-state index in [2.05, 4.69) is 10.3 Å². The first-order valence-electron chi connectivity index (χ1n) is 12.5. The number of ether oxygens (including phenoxy) is 2. The SMILES string of the molecule is CCOC(=O)c1cccc(N=C2SC(=Cc3ccccc3OCC(=O)Nc3ccc(C)cc3)C(=O)N2CC)c1. The van der Waals surface area contributed by atoms with Crippen LogP contribution in [0, 0.1) is 6.92 Å². The van der Waals surface area contributed by atoms with E-state index >= 15 is 0 Å². The van der Waals surface area contributed by atoms with E-state index < -0.39 is 5.97 Å². The predicted octanol–water partition coefficient (Wildman–Crippen LogP) is 5.81. The van der Waals surface area contributed by atoms with Crippen molar-refractivity contribution in [3.05, 3.63) is 94.4 Å². The van der Waals surface area contributed by atoms with Gasteiger partial charge in [-0.1, -0.05) is 42.0 Å². The first-order chi connectivity index (χ1) is 18.9. The molecule has 0 radical (unpaired) electrons. The van der Waals surface area contributed by atoms with Crippen LogP contribution in [-0.2, 0) is 14.3 Å². The molecule has 1 aliphatic rings. The summed E-state index contributed by atoms with van der Waals surface area (Å²) < 4.78 is 10.9. The Hall–Kier alpha value is -4.37. The van der Waals surface area contributed by atoms with Gasteiger partial charge in [-0.15, -0.1) is 0 Å². The highest BCUT2D eigenvalue weighted by Gasteiger charge is 2.32. The van der Waals surface area contributed by atoms with Crippen molar-refractivity contribution >= 4 is 52.2 Å². The van der Waals surface area contributed by atoms with E-state index in [0.717, 1.165) is 5.56 Å². The number of amidine groups is 1. The summed E-state index contributed by atoms with van der Waals surface area (Å²) in [5, 5.41) is 3.32. The van der Waals surface area contributed by atoms with Gasteiger partial charge in [-0.25, -0.2) is 9.79 Å². The Kier molecular flexibility index (Phi) is 9.17. The van der Waals surface area contributed by atoms with E-state index in [1.807, 2.05) is 50.2 Å². The number of hydrogen-bond acceptors (Lipinski definition) is 7. The maximum Gasteiger partial charge on any atom is 0.338 e. The molecule has 0 unspecified atom stereocenters. The van der Waals surface area contributed by atoms with Crippen LogP contribution in [-0.4, -0.2) is 47.6 Å². The molecule has 1 saturated heterocycles. The van der Waals surface area contributed by atoms with Gasteiger partial charge in [0.25, 0.3) is 11.8 Å². The van der Waals surface area contributed by atoms with E-state index in [1.54, 1.807) is 54.3 Å². The van der Waals surface area contributed by atoms with Crippen molar-refractivity contribution < 1.29 is 23.9 Å². The number of nitrogens with one attached hydrogen (secondary N) is 1. The first kappa shape index (κ1) is 27.7. The molecule has 0 aliphatic carbocycles. The molecule has 0 aromatic heterocycles. The van der Waals surface area contributed by atoms with E-state index in [4.69, 9.17) is 9.47 Å². The normalized spacial score (nSPS) is 15.1. The van der Waals surface area contributed by atoms with Crippen molar-refractivity contribution in [1.29, 1.82) is 0 Å². The van der Waals surface area contributed by atoms with Crippen molar-refractivity contribution in [2.45, 2.75) is 20.8 Å². The van der Waals surface area contributed by atoms with Gasteiger partial charge in [-0.2, -0.15) is 0 Å². The number of benzene rings is 3. The number of hydrogen-bond donors (Lipinski definition) is 1. The summed E-state index contributed by atoms with van der Waals surface area (Å²) in [4.78, 5) is 44.4. The Balaban J connectivity index is 1.50. The Bertz CT molecular complexity index is 1430. The van der Waals surface area contributed by atoms with Crippen LogP contribution in [0.5, 0.6) is 5.75 Å². The lowest BCUT2D eigenvalue weighted by molar-refractivity contribution is -0.122. The molecule has 39 heavy (non-hydrogen) atoms. The number of nitrogens with zero attached hydrogens (tertiary/aromatic N) is 2. The molecule has 1 N–H and O–H groups in total.